The van der Waals surface area contributed by atoms with Gasteiger partial charge in [-0.15, -0.1) is 0 Å². The Morgan fingerprint density at radius 3 is 2.43 bits per heavy atom. The van der Waals surface area contributed by atoms with E-state index in [0.717, 1.165) is 12.3 Å². The van der Waals surface area contributed by atoms with Crippen LogP contribution in [0.3, 0.4) is 0 Å². The molecule has 0 aliphatic heterocycles. The molecule has 0 aromatic carbocycles. The van der Waals surface area contributed by atoms with Crippen molar-refractivity contribution in [2.24, 2.45) is 23.2 Å². The smallest absolute Gasteiger partial charge is 0.302 e. The van der Waals surface area contributed by atoms with Crippen LogP contribution in [0.25, 0.3) is 0 Å². The molecule has 0 saturated heterocycles. The van der Waals surface area contributed by atoms with Crippen molar-refractivity contribution in [2.75, 3.05) is 0 Å². The molecule has 0 amide bonds. The fourth-order valence-electron chi connectivity index (χ4n) is 3.44. The molecule has 2 aliphatic carbocycles. The largest absolute Gasteiger partial charge is 0.462 e. The first kappa shape index (κ1) is 10.0. The first-order valence-electron chi connectivity index (χ1n) is 5.60. The summed E-state index contributed by atoms with van der Waals surface area (Å²) >= 11 is 0. The van der Waals surface area contributed by atoms with Crippen molar-refractivity contribution >= 4 is 5.97 Å². The molecule has 80 valence electrons. The summed E-state index contributed by atoms with van der Waals surface area (Å²) in [5.41, 5.74) is 0.446. The number of hydrogen-bond donors (Lipinski definition) is 0. The molecule has 2 aliphatic rings. The Hall–Kier alpha value is -0.530. The lowest BCUT2D eigenvalue weighted by Gasteiger charge is -2.39. The Morgan fingerprint density at radius 2 is 2.00 bits per heavy atom. The highest BCUT2D eigenvalue weighted by Crippen LogP contribution is 2.59. The minimum absolute atomic E-state index is 0.118. The fraction of sp³-hybridized carbons (Fsp3) is 0.917. The zero-order valence-corrected chi connectivity index (χ0v) is 9.54. The number of ether oxygens (including phenoxy) is 1. The van der Waals surface area contributed by atoms with Crippen molar-refractivity contribution in [1.82, 2.24) is 0 Å². The minimum Gasteiger partial charge on any atom is -0.462 e. The molecule has 2 heteroatoms. The molecule has 0 N–H and O–H groups in total. The monoisotopic (exact) mass is 196 g/mol. The second-order valence-corrected chi connectivity index (χ2v) is 5.59. The van der Waals surface area contributed by atoms with Gasteiger partial charge in [0.25, 0.3) is 0 Å². The zero-order valence-electron chi connectivity index (χ0n) is 9.54. The number of hydrogen-bond acceptors (Lipinski definition) is 2. The molecular formula is C12H20O2. The topological polar surface area (TPSA) is 26.3 Å². The lowest BCUT2D eigenvalue weighted by atomic mass is 9.69. The van der Waals surface area contributed by atoms with Crippen molar-refractivity contribution in [3.8, 4) is 0 Å². The van der Waals surface area contributed by atoms with Crippen LogP contribution in [0.4, 0.5) is 0 Å². The number of carbonyl (C=O) groups is 1. The summed E-state index contributed by atoms with van der Waals surface area (Å²) in [4.78, 5) is 10.9. The third kappa shape index (κ3) is 1.27. The average molecular weight is 196 g/mol. The van der Waals surface area contributed by atoms with E-state index in [9.17, 15) is 4.79 Å². The van der Waals surface area contributed by atoms with E-state index in [-0.39, 0.29) is 12.1 Å². The van der Waals surface area contributed by atoms with Gasteiger partial charge in [0.15, 0.2) is 0 Å². The van der Waals surface area contributed by atoms with E-state index >= 15 is 0 Å². The molecule has 0 spiro atoms. The molecule has 0 aromatic heterocycles. The second-order valence-electron chi connectivity index (χ2n) is 5.59. The highest BCUT2D eigenvalue weighted by atomic mass is 16.5. The summed E-state index contributed by atoms with van der Waals surface area (Å²) in [6.07, 6.45) is 2.55. The molecular weight excluding hydrogens is 176 g/mol. The van der Waals surface area contributed by atoms with Crippen LogP contribution in [0.5, 0.6) is 0 Å². The third-order valence-electron chi connectivity index (χ3n) is 4.74. The van der Waals surface area contributed by atoms with Gasteiger partial charge in [0.05, 0.1) is 0 Å². The maximum atomic E-state index is 10.9. The summed E-state index contributed by atoms with van der Waals surface area (Å²) in [5, 5.41) is 0. The lowest BCUT2D eigenvalue weighted by Crippen LogP contribution is -2.37. The van der Waals surface area contributed by atoms with E-state index in [4.69, 9.17) is 4.74 Å². The van der Waals surface area contributed by atoms with E-state index in [1.54, 1.807) is 0 Å². The van der Waals surface area contributed by atoms with Crippen LogP contribution in [-0.4, -0.2) is 12.1 Å². The Labute approximate surface area is 86.0 Å². The van der Waals surface area contributed by atoms with Crippen molar-refractivity contribution in [1.29, 1.82) is 0 Å². The maximum Gasteiger partial charge on any atom is 0.302 e. The minimum atomic E-state index is -0.118. The number of esters is 1. The van der Waals surface area contributed by atoms with Crippen molar-refractivity contribution < 1.29 is 9.53 Å². The Bertz CT molecular complexity index is 253. The number of fused-ring (bicyclic) bond motifs is 2. The predicted molar refractivity (Wildman–Crippen MR) is 54.7 cm³/mol. The van der Waals surface area contributed by atoms with Gasteiger partial charge in [-0.1, -0.05) is 20.8 Å². The second kappa shape index (κ2) is 2.98. The zero-order chi connectivity index (χ0) is 10.5. The SMILES string of the molecule is CC(=O)O[C@@H]1C[C@H]2C[C@@H]1C(C)C2(C)C. The van der Waals surface area contributed by atoms with Crippen LogP contribution >= 0.6 is 0 Å². The summed E-state index contributed by atoms with van der Waals surface area (Å²) < 4.78 is 5.37. The van der Waals surface area contributed by atoms with E-state index in [0.29, 0.717) is 17.3 Å². The number of rotatable bonds is 1. The Morgan fingerprint density at radius 1 is 1.36 bits per heavy atom. The highest BCUT2D eigenvalue weighted by molar-refractivity contribution is 5.66. The van der Waals surface area contributed by atoms with Gasteiger partial charge in [0.1, 0.15) is 6.10 Å². The molecule has 1 unspecified atom stereocenters. The first-order chi connectivity index (χ1) is 6.43. The Balaban J connectivity index is 2.09. The molecule has 14 heavy (non-hydrogen) atoms. The van der Waals surface area contributed by atoms with Crippen LogP contribution in [0.2, 0.25) is 0 Å². The molecule has 2 nitrogen and oxygen atoms in total. The standard InChI is InChI=1S/C12H20O2/c1-7-10-5-9(12(7,3)4)6-11(10)14-8(2)13/h7,9-11H,5-6H2,1-4H3/t7?,9-,10-,11-/m1/s1. The predicted octanol–water partition coefficient (Wildman–Crippen LogP) is 2.62. The summed E-state index contributed by atoms with van der Waals surface area (Å²) in [7, 11) is 0. The molecule has 2 bridgehead atoms. The van der Waals surface area contributed by atoms with Gasteiger partial charge in [-0.05, 0) is 36.0 Å². The molecule has 2 fully saturated rings. The van der Waals surface area contributed by atoms with Gasteiger partial charge in [-0.3, -0.25) is 4.79 Å². The molecule has 2 saturated carbocycles. The van der Waals surface area contributed by atoms with E-state index in [2.05, 4.69) is 20.8 Å². The molecule has 4 atom stereocenters. The van der Waals surface area contributed by atoms with Gasteiger partial charge in [0, 0.05) is 6.92 Å². The van der Waals surface area contributed by atoms with Gasteiger partial charge in [-0.25, -0.2) is 0 Å². The van der Waals surface area contributed by atoms with E-state index < -0.39 is 0 Å². The van der Waals surface area contributed by atoms with Crippen LogP contribution in [0, 0.1) is 23.2 Å². The molecule has 0 aromatic rings. The van der Waals surface area contributed by atoms with Gasteiger partial charge >= 0.3 is 5.97 Å². The van der Waals surface area contributed by atoms with Crippen molar-refractivity contribution in [3.05, 3.63) is 0 Å². The summed E-state index contributed by atoms with van der Waals surface area (Å²) in [5.74, 6) is 1.93. The van der Waals surface area contributed by atoms with E-state index in [1.165, 1.54) is 13.3 Å². The Kier molecular flexibility index (Phi) is 2.13. The third-order valence-corrected chi connectivity index (χ3v) is 4.74. The maximum absolute atomic E-state index is 10.9. The molecule has 0 radical (unpaired) electrons. The van der Waals surface area contributed by atoms with Crippen molar-refractivity contribution in [2.45, 2.75) is 46.6 Å². The summed E-state index contributed by atoms with van der Waals surface area (Å²) in [6.45, 7) is 8.53. The molecule has 0 heterocycles. The van der Waals surface area contributed by atoms with Gasteiger partial charge < -0.3 is 4.74 Å². The van der Waals surface area contributed by atoms with Crippen molar-refractivity contribution in [3.63, 3.8) is 0 Å². The van der Waals surface area contributed by atoms with E-state index in [1.807, 2.05) is 0 Å². The lowest BCUT2D eigenvalue weighted by molar-refractivity contribution is -0.151. The fourth-order valence-corrected chi connectivity index (χ4v) is 3.44. The van der Waals surface area contributed by atoms with Crippen LogP contribution in [-0.2, 0) is 9.53 Å². The van der Waals surface area contributed by atoms with Crippen LogP contribution in [0.15, 0.2) is 0 Å². The van der Waals surface area contributed by atoms with Crippen LogP contribution in [0.1, 0.15) is 40.5 Å². The average Bonchev–Trinajstić information content (AvgIpc) is 2.52. The normalized spacial score (nSPS) is 44.0. The van der Waals surface area contributed by atoms with Crippen LogP contribution < -0.4 is 0 Å². The summed E-state index contributed by atoms with van der Waals surface area (Å²) in [6, 6.07) is 0. The quantitative estimate of drug-likeness (QED) is 0.603. The van der Waals surface area contributed by atoms with Gasteiger partial charge in [-0.2, -0.15) is 0 Å². The van der Waals surface area contributed by atoms with Gasteiger partial charge in [0.2, 0.25) is 0 Å². The molecule has 2 rings (SSSR count). The highest BCUT2D eigenvalue weighted by Gasteiger charge is 2.56. The number of carbonyl (C=O) groups excluding carboxylic acids is 1. The first-order valence-corrected chi connectivity index (χ1v) is 5.60.